The molecule has 6 heteroatoms. The van der Waals surface area contributed by atoms with Gasteiger partial charge in [0.05, 0.1) is 11.6 Å². The number of carbonyl (C=O) groups is 2. The van der Waals surface area contributed by atoms with Crippen molar-refractivity contribution < 1.29 is 19.4 Å². The van der Waals surface area contributed by atoms with Crippen LogP contribution in [-0.2, 0) is 16.2 Å². The molecule has 0 aliphatic carbocycles. The van der Waals surface area contributed by atoms with Gasteiger partial charge in [0.15, 0.2) is 0 Å². The van der Waals surface area contributed by atoms with E-state index in [1.54, 1.807) is 23.1 Å². The highest BCUT2D eigenvalue weighted by atomic mass is 16.5. The lowest BCUT2D eigenvalue weighted by atomic mass is 9.94. The molecule has 0 bridgehead atoms. The molecule has 4 rings (SSSR count). The maximum Gasteiger partial charge on any atom is 0.295 e. The summed E-state index contributed by atoms with van der Waals surface area (Å²) in [5.41, 5.74) is 4.36. The molecule has 1 saturated heterocycles. The van der Waals surface area contributed by atoms with Gasteiger partial charge in [-0.15, -0.1) is 0 Å². The highest BCUT2D eigenvalue weighted by molar-refractivity contribution is 6.46. The predicted octanol–water partition coefficient (Wildman–Crippen LogP) is 5.26. The Morgan fingerprint density at radius 1 is 0.973 bits per heavy atom. The number of ketones is 1. The van der Waals surface area contributed by atoms with Crippen molar-refractivity contribution in [3.05, 3.63) is 106 Å². The zero-order chi connectivity index (χ0) is 26.5. The van der Waals surface area contributed by atoms with Crippen LogP contribution in [0, 0.1) is 13.8 Å². The number of rotatable bonds is 9. The minimum atomic E-state index is -0.657. The summed E-state index contributed by atoms with van der Waals surface area (Å²) in [6.07, 6.45) is 0.717. The predicted molar refractivity (Wildman–Crippen MR) is 145 cm³/mol. The van der Waals surface area contributed by atoms with Crippen LogP contribution in [0.5, 0.6) is 5.75 Å². The van der Waals surface area contributed by atoms with Gasteiger partial charge in [0.1, 0.15) is 18.1 Å². The number of aliphatic hydroxyl groups is 1. The van der Waals surface area contributed by atoms with Crippen LogP contribution in [0.25, 0.3) is 5.76 Å². The molecule has 192 valence electrons. The van der Waals surface area contributed by atoms with Crippen molar-refractivity contribution in [2.24, 2.45) is 0 Å². The second kappa shape index (κ2) is 11.4. The van der Waals surface area contributed by atoms with Gasteiger partial charge in [-0.1, -0.05) is 60.2 Å². The summed E-state index contributed by atoms with van der Waals surface area (Å²) < 4.78 is 5.97. The maximum absolute atomic E-state index is 13.2. The van der Waals surface area contributed by atoms with Gasteiger partial charge < -0.3 is 19.6 Å². The number of carbonyl (C=O) groups excluding carboxylic acids is 2. The molecule has 1 atom stereocenters. The SMILES string of the molecule is Cc1ccc([C@@H]2C(=C(O)c3ccc(OCc4ccccc4)c(C)c3)C(=O)C(=O)N2CCCN(C)C)cc1. The van der Waals surface area contributed by atoms with Crippen LogP contribution in [0.1, 0.15) is 40.3 Å². The van der Waals surface area contributed by atoms with Crippen LogP contribution in [0.15, 0.2) is 78.4 Å². The largest absolute Gasteiger partial charge is 0.507 e. The van der Waals surface area contributed by atoms with Gasteiger partial charge in [-0.05, 0) is 75.8 Å². The number of hydrogen-bond acceptors (Lipinski definition) is 5. The monoisotopic (exact) mass is 498 g/mol. The number of likely N-dealkylation sites (tertiary alicyclic amines) is 1. The first-order valence-corrected chi connectivity index (χ1v) is 12.5. The van der Waals surface area contributed by atoms with Crippen molar-refractivity contribution in [3.8, 4) is 5.75 Å². The summed E-state index contributed by atoms with van der Waals surface area (Å²) in [6.45, 7) is 5.52. The Kier molecular flexibility index (Phi) is 8.09. The summed E-state index contributed by atoms with van der Waals surface area (Å²) >= 11 is 0. The van der Waals surface area contributed by atoms with Crippen molar-refractivity contribution >= 4 is 17.4 Å². The summed E-state index contributed by atoms with van der Waals surface area (Å²) in [6, 6.07) is 22.3. The van der Waals surface area contributed by atoms with Crippen LogP contribution < -0.4 is 4.74 Å². The van der Waals surface area contributed by atoms with Gasteiger partial charge in [-0.3, -0.25) is 9.59 Å². The van der Waals surface area contributed by atoms with E-state index in [0.29, 0.717) is 24.5 Å². The van der Waals surface area contributed by atoms with E-state index in [0.717, 1.165) is 35.2 Å². The molecule has 1 heterocycles. The Balaban J connectivity index is 1.67. The quantitative estimate of drug-likeness (QED) is 0.248. The van der Waals surface area contributed by atoms with Gasteiger partial charge in [0, 0.05) is 12.1 Å². The molecule has 3 aromatic rings. The lowest BCUT2D eigenvalue weighted by Gasteiger charge is -2.26. The molecule has 1 amide bonds. The molecular formula is C31H34N2O4. The maximum atomic E-state index is 13.2. The number of aryl methyl sites for hydroxylation is 2. The Morgan fingerprint density at radius 3 is 2.32 bits per heavy atom. The first kappa shape index (κ1) is 26.2. The third-order valence-electron chi connectivity index (χ3n) is 6.62. The van der Waals surface area contributed by atoms with Crippen LogP contribution in [0.2, 0.25) is 0 Å². The van der Waals surface area contributed by atoms with E-state index in [4.69, 9.17) is 4.74 Å². The summed E-state index contributed by atoms with van der Waals surface area (Å²) in [7, 11) is 3.95. The minimum Gasteiger partial charge on any atom is -0.507 e. The molecule has 3 aromatic carbocycles. The Labute approximate surface area is 218 Å². The number of nitrogens with zero attached hydrogens (tertiary/aromatic N) is 2. The summed E-state index contributed by atoms with van der Waals surface area (Å²) in [5, 5.41) is 11.4. The standard InChI is InChI=1S/C31H34N2O4/c1-21-11-13-24(14-12-21)28-27(30(35)31(36)33(28)18-8-17-32(3)4)29(34)25-15-16-26(22(2)19-25)37-20-23-9-6-5-7-10-23/h5-7,9-16,19,28,34H,8,17-18,20H2,1-4H3/t28-/m1/s1. The number of aliphatic hydroxyl groups excluding tert-OH is 1. The van der Waals surface area contributed by atoms with Gasteiger partial charge in [0.2, 0.25) is 0 Å². The number of Topliss-reactive ketones (excluding diaryl/α,β-unsaturated/α-hetero) is 1. The number of amides is 1. The van der Waals surface area contributed by atoms with E-state index in [9.17, 15) is 14.7 Å². The highest BCUT2D eigenvalue weighted by Gasteiger charge is 2.45. The van der Waals surface area contributed by atoms with Crippen LogP contribution >= 0.6 is 0 Å². The lowest BCUT2D eigenvalue weighted by molar-refractivity contribution is -0.139. The van der Waals surface area contributed by atoms with Crippen molar-refractivity contribution in [2.45, 2.75) is 32.9 Å². The van der Waals surface area contributed by atoms with E-state index >= 15 is 0 Å². The molecule has 0 unspecified atom stereocenters. The smallest absolute Gasteiger partial charge is 0.295 e. The summed E-state index contributed by atoms with van der Waals surface area (Å²) in [4.78, 5) is 30.0. The third kappa shape index (κ3) is 5.92. The van der Waals surface area contributed by atoms with Gasteiger partial charge in [-0.25, -0.2) is 0 Å². The van der Waals surface area contributed by atoms with Crippen molar-refractivity contribution in [2.75, 3.05) is 27.2 Å². The molecule has 37 heavy (non-hydrogen) atoms. The Morgan fingerprint density at radius 2 is 1.68 bits per heavy atom. The summed E-state index contributed by atoms with van der Waals surface area (Å²) in [5.74, 6) is -0.711. The van der Waals surface area contributed by atoms with Gasteiger partial charge >= 0.3 is 0 Å². The molecular weight excluding hydrogens is 464 g/mol. The molecule has 6 nitrogen and oxygen atoms in total. The topological polar surface area (TPSA) is 70.1 Å². The van der Waals surface area contributed by atoms with Crippen molar-refractivity contribution in [1.82, 2.24) is 9.80 Å². The molecule has 1 fully saturated rings. The molecule has 0 radical (unpaired) electrons. The van der Waals surface area contributed by atoms with E-state index in [2.05, 4.69) is 0 Å². The molecule has 1 N–H and O–H groups in total. The number of hydrogen-bond donors (Lipinski definition) is 1. The fraction of sp³-hybridized carbons (Fsp3) is 0.290. The normalized spacial score (nSPS) is 17.0. The average Bonchev–Trinajstić information content (AvgIpc) is 3.13. The number of benzene rings is 3. The van der Waals surface area contributed by atoms with Crippen LogP contribution in [0.3, 0.4) is 0 Å². The first-order chi connectivity index (χ1) is 17.8. The molecule has 0 spiro atoms. The third-order valence-corrected chi connectivity index (χ3v) is 6.62. The van der Waals surface area contributed by atoms with E-state index in [1.165, 1.54) is 0 Å². The van der Waals surface area contributed by atoms with Gasteiger partial charge in [-0.2, -0.15) is 0 Å². The first-order valence-electron chi connectivity index (χ1n) is 12.5. The van der Waals surface area contributed by atoms with Gasteiger partial charge in [0.25, 0.3) is 11.7 Å². The highest BCUT2D eigenvalue weighted by Crippen LogP contribution is 2.40. The minimum absolute atomic E-state index is 0.121. The molecule has 1 aliphatic rings. The van der Waals surface area contributed by atoms with E-state index in [1.807, 2.05) is 87.4 Å². The number of ether oxygens (including phenoxy) is 1. The Bertz CT molecular complexity index is 1300. The average molecular weight is 499 g/mol. The fourth-order valence-corrected chi connectivity index (χ4v) is 4.61. The van der Waals surface area contributed by atoms with E-state index in [-0.39, 0.29) is 11.3 Å². The molecule has 0 aromatic heterocycles. The zero-order valence-electron chi connectivity index (χ0n) is 21.9. The zero-order valence-corrected chi connectivity index (χ0v) is 21.9. The van der Waals surface area contributed by atoms with Crippen molar-refractivity contribution in [1.29, 1.82) is 0 Å². The Hall–Kier alpha value is -3.90. The molecule has 0 saturated carbocycles. The van der Waals surface area contributed by atoms with Crippen molar-refractivity contribution in [3.63, 3.8) is 0 Å². The molecule has 1 aliphatic heterocycles. The fourth-order valence-electron chi connectivity index (χ4n) is 4.61. The van der Waals surface area contributed by atoms with Crippen LogP contribution in [-0.4, -0.2) is 53.8 Å². The second-order valence-electron chi connectivity index (χ2n) is 9.81. The van der Waals surface area contributed by atoms with Crippen LogP contribution in [0.4, 0.5) is 0 Å². The second-order valence-corrected chi connectivity index (χ2v) is 9.81. The lowest BCUT2D eigenvalue weighted by Crippen LogP contribution is -2.32. The van der Waals surface area contributed by atoms with E-state index < -0.39 is 17.7 Å².